The number of carbonyl (C=O) groups is 1. The van der Waals surface area contributed by atoms with E-state index in [1.54, 1.807) is 29.2 Å². The lowest BCUT2D eigenvalue weighted by Gasteiger charge is -2.32. The second-order valence-electron chi connectivity index (χ2n) is 4.12. The number of amides is 1. The van der Waals surface area contributed by atoms with Crippen LogP contribution in [0.2, 0.25) is 0 Å². The number of nitrogens with zero attached hydrogens (tertiary/aromatic N) is 1. The highest BCUT2D eigenvalue weighted by Gasteiger charge is 2.22. The number of aromatic hydroxyl groups is 1. The molecule has 2 rings (SSSR count). The molecular weight excluding hydrogens is 204 g/mol. The van der Waals surface area contributed by atoms with Crippen LogP contribution in [0.1, 0.15) is 17.3 Å². The lowest BCUT2D eigenvalue weighted by Crippen LogP contribution is -2.51. The quantitative estimate of drug-likeness (QED) is 0.737. The van der Waals surface area contributed by atoms with Crippen molar-refractivity contribution in [2.45, 2.75) is 13.0 Å². The number of carbonyl (C=O) groups excluding carboxylic acids is 1. The molecule has 86 valence electrons. The van der Waals surface area contributed by atoms with E-state index in [9.17, 15) is 9.90 Å². The number of rotatable bonds is 1. The predicted molar refractivity (Wildman–Crippen MR) is 61.5 cm³/mol. The Bertz CT molecular complexity index is 392. The summed E-state index contributed by atoms with van der Waals surface area (Å²) in [5.74, 6) is -0.0369. The Balaban J connectivity index is 2.16. The van der Waals surface area contributed by atoms with E-state index in [4.69, 9.17) is 0 Å². The minimum atomic E-state index is -0.0912. The molecule has 0 spiro atoms. The van der Waals surface area contributed by atoms with Gasteiger partial charge in [-0.05, 0) is 19.1 Å². The highest BCUT2D eigenvalue weighted by atomic mass is 16.3. The Labute approximate surface area is 94.9 Å². The Hall–Kier alpha value is -1.55. The van der Waals surface area contributed by atoms with E-state index in [1.807, 2.05) is 6.92 Å². The number of nitrogens with one attached hydrogen (secondary N) is 1. The molecule has 0 saturated carbocycles. The molecule has 1 saturated heterocycles. The van der Waals surface area contributed by atoms with Gasteiger partial charge in [0.25, 0.3) is 5.91 Å². The minimum Gasteiger partial charge on any atom is -0.507 e. The van der Waals surface area contributed by atoms with Gasteiger partial charge in [-0.15, -0.1) is 0 Å². The van der Waals surface area contributed by atoms with Crippen molar-refractivity contribution in [3.63, 3.8) is 0 Å². The van der Waals surface area contributed by atoms with Crippen LogP contribution in [0.15, 0.2) is 24.3 Å². The van der Waals surface area contributed by atoms with Gasteiger partial charge in [0, 0.05) is 25.7 Å². The SMILES string of the molecule is C[C@@H]1CN(C(=O)c2ccccc2O)CCN1. The summed E-state index contributed by atoms with van der Waals surface area (Å²) in [6, 6.07) is 6.98. The normalized spacial score (nSPS) is 20.8. The van der Waals surface area contributed by atoms with Crippen LogP contribution in [-0.4, -0.2) is 41.6 Å². The number of phenolic OH excluding ortho intramolecular Hbond substituents is 1. The van der Waals surface area contributed by atoms with Crippen LogP contribution in [0.5, 0.6) is 5.75 Å². The number of para-hydroxylation sites is 1. The topological polar surface area (TPSA) is 52.6 Å². The lowest BCUT2D eigenvalue weighted by molar-refractivity contribution is 0.0706. The maximum absolute atomic E-state index is 12.1. The van der Waals surface area contributed by atoms with Crippen molar-refractivity contribution in [3.8, 4) is 5.75 Å². The van der Waals surface area contributed by atoms with Crippen LogP contribution in [0.25, 0.3) is 0 Å². The summed E-state index contributed by atoms with van der Waals surface area (Å²) in [6.45, 7) is 4.23. The average molecular weight is 220 g/mol. The lowest BCUT2D eigenvalue weighted by atomic mass is 10.1. The maximum Gasteiger partial charge on any atom is 0.257 e. The van der Waals surface area contributed by atoms with Crippen molar-refractivity contribution in [1.82, 2.24) is 10.2 Å². The van der Waals surface area contributed by atoms with Crippen molar-refractivity contribution in [3.05, 3.63) is 29.8 Å². The third-order valence-electron chi connectivity index (χ3n) is 2.79. The van der Waals surface area contributed by atoms with Gasteiger partial charge in [0.15, 0.2) is 0 Å². The fraction of sp³-hybridized carbons (Fsp3) is 0.417. The van der Waals surface area contributed by atoms with E-state index < -0.39 is 0 Å². The molecule has 4 heteroatoms. The standard InChI is InChI=1S/C12H16N2O2/c1-9-8-14(7-6-13-9)12(16)10-4-2-3-5-11(10)15/h2-5,9,13,15H,6-8H2,1H3/t9-/m1/s1. The summed E-state index contributed by atoms with van der Waals surface area (Å²) in [5.41, 5.74) is 0.386. The summed E-state index contributed by atoms with van der Waals surface area (Å²) in [7, 11) is 0. The highest BCUT2D eigenvalue weighted by Crippen LogP contribution is 2.18. The second-order valence-corrected chi connectivity index (χ2v) is 4.12. The van der Waals surface area contributed by atoms with Crippen LogP contribution in [0, 0.1) is 0 Å². The van der Waals surface area contributed by atoms with Gasteiger partial charge >= 0.3 is 0 Å². The van der Waals surface area contributed by atoms with Gasteiger partial charge in [0.1, 0.15) is 5.75 Å². The van der Waals surface area contributed by atoms with Crippen molar-refractivity contribution in [2.75, 3.05) is 19.6 Å². The largest absolute Gasteiger partial charge is 0.507 e. The van der Waals surface area contributed by atoms with E-state index in [0.717, 1.165) is 6.54 Å². The number of piperazine rings is 1. The Morgan fingerprint density at radius 1 is 1.50 bits per heavy atom. The monoisotopic (exact) mass is 220 g/mol. The van der Waals surface area contributed by atoms with Gasteiger partial charge in [-0.25, -0.2) is 0 Å². The zero-order valence-electron chi connectivity index (χ0n) is 9.31. The van der Waals surface area contributed by atoms with Crippen LogP contribution in [0.3, 0.4) is 0 Å². The third-order valence-corrected chi connectivity index (χ3v) is 2.79. The molecule has 1 aromatic carbocycles. The van der Waals surface area contributed by atoms with Gasteiger partial charge in [-0.1, -0.05) is 12.1 Å². The molecule has 0 bridgehead atoms. The molecule has 4 nitrogen and oxygen atoms in total. The van der Waals surface area contributed by atoms with E-state index in [-0.39, 0.29) is 11.7 Å². The highest BCUT2D eigenvalue weighted by molar-refractivity contribution is 5.96. The van der Waals surface area contributed by atoms with E-state index in [1.165, 1.54) is 0 Å². The summed E-state index contributed by atoms with van der Waals surface area (Å²) in [5, 5.41) is 12.9. The van der Waals surface area contributed by atoms with Crippen molar-refractivity contribution in [2.24, 2.45) is 0 Å². The molecule has 1 aromatic rings. The molecule has 16 heavy (non-hydrogen) atoms. The van der Waals surface area contributed by atoms with E-state index >= 15 is 0 Å². The van der Waals surface area contributed by atoms with Crippen molar-refractivity contribution in [1.29, 1.82) is 0 Å². The van der Waals surface area contributed by atoms with Gasteiger partial charge in [-0.2, -0.15) is 0 Å². The average Bonchev–Trinajstić information content (AvgIpc) is 2.29. The molecule has 0 aliphatic carbocycles. The molecule has 1 aliphatic rings. The number of phenols is 1. The molecule has 0 aromatic heterocycles. The number of benzene rings is 1. The summed E-state index contributed by atoms with van der Waals surface area (Å²) < 4.78 is 0. The Morgan fingerprint density at radius 2 is 2.25 bits per heavy atom. The van der Waals surface area contributed by atoms with Crippen molar-refractivity contribution >= 4 is 5.91 Å². The number of hydrogen-bond donors (Lipinski definition) is 2. The summed E-state index contributed by atoms with van der Waals surface area (Å²) in [4.78, 5) is 13.9. The van der Waals surface area contributed by atoms with Crippen LogP contribution >= 0.6 is 0 Å². The predicted octanol–water partition coefficient (Wildman–Crippen LogP) is 0.826. The first kappa shape index (κ1) is 11.0. The minimum absolute atomic E-state index is 0.0543. The Morgan fingerprint density at radius 3 is 2.94 bits per heavy atom. The molecular formula is C12H16N2O2. The molecule has 1 aliphatic heterocycles. The first-order chi connectivity index (χ1) is 7.68. The van der Waals surface area contributed by atoms with Gasteiger partial charge in [-0.3, -0.25) is 4.79 Å². The fourth-order valence-electron chi connectivity index (χ4n) is 1.94. The maximum atomic E-state index is 12.1. The summed E-state index contributed by atoms with van der Waals surface area (Å²) in [6.07, 6.45) is 0. The zero-order valence-corrected chi connectivity index (χ0v) is 9.31. The van der Waals surface area contributed by atoms with Gasteiger partial charge in [0.2, 0.25) is 0 Å². The van der Waals surface area contributed by atoms with Gasteiger partial charge in [0.05, 0.1) is 5.56 Å². The Kier molecular flexibility index (Phi) is 3.10. The van der Waals surface area contributed by atoms with Crippen LogP contribution in [0.4, 0.5) is 0 Å². The van der Waals surface area contributed by atoms with Crippen LogP contribution < -0.4 is 5.32 Å². The van der Waals surface area contributed by atoms with Gasteiger partial charge < -0.3 is 15.3 Å². The van der Waals surface area contributed by atoms with E-state index in [2.05, 4.69) is 5.32 Å². The summed E-state index contributed by atoms with van der Waals surface area (Å²) >= 11 is 0. The molecule has 1 heterocycles. The molecule has 2 N–H and O–H groups in total. The zero-order chi connectivity index (χ0) is 11.5. The fourth-order valence-corrected chi connectivity index (χ4v) is 1.94. The second kappa shape index (κ2) is 4.53. The smallest absolute Gasteiger partial charge is 0.257 e. The first-order valence-corrected chi connectivity index (χ1v) is 5.49. The third kappa shape index (κ3) is 2.17. The molecule has 1 fully saturated rings. The van der Waals surface area contributed by atoms with E-state index in [0.29, 0.717) is 24.7 Å². The molecule has 0 unspecified atom stereocenters. The van der Waals surface area contributed by atoms with Crippen molar-refractivity contribution < 1.29 is 9.90 Å². The molecule has 0 radical (unpaired) electrons. The number of hydrogen-bond acceptors (Lipinski definition) is 3. The van der Waals surface area contributed by atoms with Crippen LogP contribution in [-0.2, 0) is 0 Å². The molecule has 1 amide bonds. The first-order valence-electron chi connectivity index (χ1n) is 5.49. The molecule has 1 atom stereocenters.